The van der Waals surface area contributed by atoms with Gasteiger partial charge in [-0.15, -0.1) is 0 Å². The number of thiocarbonyl (C=S) groups is 1. The van der Waals surface area contributed by atoms with E-state index in [0.29, 0.717) is 26.0 Å². The molecule has 4 bridgehead atoms. The molecule has 1 aromatic rings. The fraction of sp³-hybridized carbons (Fsp3) is 0.696. The Bertz CT molecular complexity index is 760. The molecular formula is C23H30Cl2N2S. The minimum atomic E-state index is 0.447. The van der Waals surface area contributed by atoms with Crippen LogP contribution in [0.25, 0.3) is 0 Å². The van der Waals surface area contributed by atoms with Crippen LogP contribution in [0.3, 0.4) is 0 Å². The molecular weight excluding hydrogens is 407 g/mol. The van der Waals surface area contributed by atoms with Crippen LogP contribution in [0.15, 0.2) is 18.2 Å². The van der Waals surface area contributed by atoms with Gasteiger partial charge in [-0.25, -0.2) is 0 Å². The smallest absolute Gasteiger partial charge is 0.170 e. The molecule has 0 spiro atoms. The fourth-order valence-electron chi connectivity index (χ4n) is 7.77. The maximum absolute atomic E-state index is 6.29. The van der Waals surface area contributed by atoms with Gasteiger partial charge in [0.25, 0.3) is 0 Å². The van der Waals surface area contributed by atoms with Crippen molar-refractivity contribution in [1.29, 1.82) is 0 Å². The summed E-state index contributed by atoms with van der Waals surface area (Å²) in [6.45, 7) is 1.01. The van der Waals surface area contributed by atoms with Gasteiger partial charge in [0.15, 0.2) is 5.11 Å². The van der Waals surface area contributed by atoms with Crippen LogP contribution in [0.5, 0.6) is 0 Å². The van der Waals surface area contributed by atoms with Crippen LogP contribution < -0.4 is 10.6 Å². The molecule has 2 N–H and O–H groups in total. The van der Waals surface area contributed by atoms with Gasteiger partial charge in [0, 0.05) is 11.6 Å². The minimum absolute atomic E-state index is 0.447. The number of benzene rings is 1. The molecule has 2 nitrogen and oxygen atoms in total. The highest BCUT2D eigenvalue weighted by molar-refractivity contribution is 7.80. The Morgan fingerprint density at radius 1 is 1.07 bits per heavy atom. The molecule has 28 heavy (non-hydrogen) atoms. The van der Waals surface area contributed by atoms with Crippen molar-refractivity contribution in [2.75, 3.05) is 11.9 Å². The van der Waals surface area contributed by atoms with Crippen molar-refractivity contribution in [2.45, 2.75) is 64.2 Å². The molecule has 6 rings (SSSR count). The van der Waals surface area contributed by atoms with Crippen molar-refractivity contribution in [3.8, 4) is 0 Å². The van der Waals surface area contributed by atoms with E-state index >= 15 is 0 Å². The molecule has 0 amide bonds. The SMILES string of the molecule is S=C(NCC12C[C@H]3C[C@@H](C1)CC(C1CCCC1)(C3)C2)Nc1ccc(Cl)cc1Cl. The lowest BCUT2D eigenvalue weighted by molar-refractivity contribution is -0.133. The topological polar surface area (TPSA) is 24.1 Å². The molecule has 5 aliphatic rings. The van der Waals surface area contributed by atoms with Crippen LogP contribution in [-0.4, -0.2) is 11.7 Å². The zero-order valence-electron chi connectivity index (χ0n) is 16.4. The van der Waals surface area contributed by atoms with Gasteiger partial charge in [-0.05, 0) is 110 Å². The van der Waals surface area contributed by atoms with E-state index in [-0.39, 0.29) is 0 Å². The van der Waals surface area contributed by atoms with Crippen molar-refractivity contribution in [1.82, 2.24) is 5.32 Å². The Hall–Kier alpha value is -0.510. The van der Waals surface area contributed by atoms with Crippen LogP contribution in [0, 0.1) is 28.6 Å². The van der Waals surface area contributed by atoms with Gasteiger partial charge in [-0.1, -0.05) is 36.0 Å². The van der Waals surface area contributed by atoms with E-state index in [4.69, 9.17) is 35.4 Å². The van der Waals surface area contributed by atoms with Crippen molar-refractivity contribution < 1.29 is 0 Å². The van der Waals surface area contributed by atoms with E-state index in [1.165, 1.54) is 64.2 Å². The summed E-state index contributed by atoms with van der Waals surface area (Å²) < 4.78 is 0. The Morgan fingerprint density at radius 3 is 2.46 bits per heavy atom. The minimum Gasteiger partial charge on any atom is -0.362 e. The molecule has 5 heteroatoms. The Kier molecular flexibility index (Phi) is 5.09. The predicted molar refractivity (Wildman–Crippen MR) is 122 cm³/mol. The first-order valence-corrected chi connectivity index (χ1v) is 12.1. The van der Waals surface area contributed by atoms with Crippen LogP contribution in [-0.2, 0) is 0 Å². The Morgan fingerprint density at radius 2 is 1.79 bits per heavy atom. The number of rotatable bonds is 4. The summed E-state index contributed by atoms with van der Waals surface area (Å²) in [7, 11) is 0. The van der Waals surface area contributed by atoms with Gasteiger partial charge >= 0.3 is 0 Å². The second-order valence-electron chi connectivity index (χ2n) is 10.2. The van der Waals surface area contributed by atoms with Gasteiger partial charge < -0.3 is 10.6 Å². The molecule has 5 fully saturated rings. The molecule has 4 atom stereocenters. The maximum atomic E-state index is 6.29. The number of hydrogen-bond acceptors (Lipinski definition) is 1. The number of hydrogen-bond donors (Lipinski definition) is 2. The zero-order valence-corrected chi connectivity index (χ0v) is 18.7. The molecule has 0 aliphatic heterocycles. The summed E-state index contributed by atoms with van der Waals surface area (Å²) in [5, 5.41) is 8.75. The standard InChI is InChI=1S/C23H30Cl2N2S/c24-18-5-6-20(19(25)8-18)27-21(28)26-14-22-9-15-7-16(10-22)12-23(11-15,13-22)17-3-1-2-4-17/h5-6,8,15-17H,1-4,7,9-14H2,(H2,26,27,28)/t15-,16+,22?,23?. The summed E-state index contributed by atoms with van der Waals surface area (Å²) >= 11 is 17.9. The molecule has 0 radical (unpaired) electrons. The highest BCUT2D eigenvalue weighted by atomic mass is 35.5. The normalized spacial score (nSPS) is 36.6. The average Bonchev–Trinajstić information content (AvgIpc) is 3.17. The molecule has 0 saturated heterocycles. The number of halogens is 2. The summed E-state index contributed by atoms with van der Waals surface area (Å²) in [5.74, 6) is 2.91. The van der Waals surface area contributed by atoms with Gasteiger partial charge in [0.05, 0.1) is 10.7 Å². The molecule has 152 valence electrons. The third kappa shape index (κ3) is 3.56. The van der Waals surface area contributed by atoms with E-state index < -0.39 is 0 Å². The van der Waals surface area contributed by atoms with E-state index in [2.05, 4.69) is 10.6 Å². The van der Waals surface area contributed by atoms with Crippen molar-refractivity contribution in [2.24, 2.45) is 28.6 Å². The molecule has 2 unspecified atom stereocenters. The van der Waals surface area contributed by atoms with Gasteiger partial charge in [0.1, 0.15) is 0 Å². The van der Waals surface area contributed by atoms with Gasteiger partial charge in [-0.3, -0.25) is 0 Å². The third-order valence-electron chi connectivity index (χ3n) is 8.25. The fourth-order valence-corrected chi connectivity index (χ4v) is 8.41. The summed E-state index contributed by atoms with van der Waals surface area (Å²) in [6.07, 6.45) is 14.6. The van der Waals surface area contributed by atoms with Crippen molar-refractivity contribution in [3.05, 3.63) is 28.2 Å². The lowest BCUT2D eigenvalue weighted by Crippen LogP contribution is -2.57. The molecule has 5 saturated carbocycles. The molecule has 0 heterocycles. The second kappa shape index (κ2) is 7.32. The first-order chi connectivity index (χ1) is 13.5. The average molecular weight is 437 g/mol. The summed E-state index contributed by atoms with van der Waals surface area (Å²) in [6, 6.07) is 5.47. The largest absolute Gasteiger partial charge is 0.362 e. The summed E-state index contributed by atoms with van der Waals surface area (Å²) in [4.78, 5) is 0. The third-order valence-corrected chi connectivity index (χ3v) is 9.05. The van der Waals surface area contributed by atoms with Crippen LogP contribution in [0.1, 0.15) is 64.2 Å². The molecule has 5 aliphatic carbocycles. The van der Waals surface area contributed by atoms with E-state index in [0.717, 1.165) is 30.0 Å². The summed E-state index contributed by atoms with van der Waals surface area (Å²) in [5.41, 5.74) is 1.91. The monoisotopic (exact) mass is 436 g/mol. The van der Waals surface area contributed by atoms with Crippen molar-refractivity contribution in [3.63, 3.8) is 0 Å². The van der Waals surface area contributed by atoms with E-state index in [1.807, 2.05) is 12.1 Å². The Labute approximate surface area is 184 Å². The highest BCUT2D eigenvalue weighted by Gasteiger charge is 2.59. The van der Waals surface area contributed by atoms with E-state index in [1.54, 1.807) is 6.07 Å². The highest BCUT2D eigenvalue weighted by Crippen LogP contribution is 2.68. The van der Waals surface area contributed by atoms with Crippen LogP contribution in [0.2, 0.25) is 10.0 Å². The quantitative estimate of drug-likeness (QED) is 0.493. The molecule has 1 aromatic carbocycles. The number of nitrogens with one attached hydrogen (secondary N) is 2. The van der Waals surface area contributed by atoms with Gasteiger partial charge in [-0.2, -0.15) is 0 Å². The first-order valence-electron chi connectivity index (χ1n) is 11.0. The predicted octanol–water partition coefficient (Wildman–Crippen LogP) is 7.06. The number of anilines is 1. The van der Waals surface area contributed by atoms with E-state index in [9.17, 15) is 0 Å². The van der Waals surface area contributed by atoms with Crippen molar-refractivity contribution >= 4 is 46.2 Å². The second-order valence-corrected chi connectivity index (χ2v) is 11.5. The first kappa shape index (κ1) is 19.5. The van der Waals surface area contributed by atoms with Crippen LogP contribution >= 0.6 is 35.4 Å². The lowest BCUT2D eigenvalue weighted by atomic mass is 9.41. The zero-order chi connectivity index (χ0) is 19.4. The lowest BCUT2D eigenvalue weighted by Gasteiger charge is -2.64. The maximum Gasteiger partial charge on any atom is 0.170 e. The van der Waals surface area contributed by atoms with Gasteiger partial charge in [0.2, 0.25) is 0 Å². The van der Waals surface area contributed by atoms with Crippen LogP contribution in [0.4, 0.5) is 5.69 Å². The Balaban J connectivity index is 1.26. The molecule has 0 aromatic heterocycles.